The van der Waals surface area contributed by atoms with Gasteiger partial charge in [-0.1, -0.05) is 0 Å². The molecule has 0 aromatic heterocycles. The lowest BCUT2D eigenvalue weighted by Crippen LogP contribution is -2.36. The van der Waals surface area contributed by atoms with E-state index >= 15 is 0 Å². The largest absolute Gasteiger partial charge is 0.491 e. The number of likely N-dealkylation sites (N-methyl/N-ethyl adjacent to an activating group) is 1. The number of non-ortho nitro benzene ring substituents is 1. The van der Waals surface area contributed by atoms with Crippen LogP contribution >= 0.6 is 0 Å². The van der Waals surface area contributed by atoms with E-state index in [9.17, 15) is 10.1 Å². The van der Waals surface area contributed by atoms with Crippen LogP contribution in [-0.2, 0) is 0 Å². The smallest absolute Gasteiger partial charge is 0.275 e. The summed E-state index contributed by atoms with van der Waals surface area (Å²) < 4.78 is 5.66. The van der Waals surface area contributed by atoms with Crippen LogP contribution in [0, 0.1) is 10.1 Å². The molecular weight excluding hydrogens is 270 g/mol. The van der Waals surface area contributed by atoms with Crippen molar-refractivity contribution in [3.63, 3.8) is 0 Å². The van der Waals surface area contributed by atoms with Crippen molar-refractivity contribution in [2.45, 2.75) is 39.3 Å². The third-order valence-electron chi connectivity index (χ3n) is 3.61. The first-order chi connectivity index (χ1) is 10.0. The molecule has 1 atom stereocenters. The minimum Gasteiger partial charge on any atom is -0.491 e. The summed E-state index contributed by atoms with van der Waals surface area (Å²) in [4.78, 5) is 13.0. The number of hydrogen-bond donors (Lipinski definition) is 1. The summed E-state index contributed by atoms with van der Waals surface area (Å²) in [5, 5.41) is 14.5. The van der Waals surface area contributed by atoms with E-state index in [-0.39, 0.29) is 16.7 Å². The first-order valence-corrected chi connectivity index (χ1v) is 7.44. The quantitative estimate of drug-likeness (QED) is 0.645. The molecule has 1 aromatic rings. The van der Waals surface area contributed by atoms with Crippen LogP contribution in [0.5, 0.6) is 5.75 Å². The van der Waals surface area contributed by atoms with Crippen LogP contribution in [0.3, 0.4) is 0 Å². The van der Waals surface area contributed by atoms with Gasteiger partial charge in [0, 0.05) is 37.0 Å². The van der Waals surface area contributed by atoms with Gasteiger partial charge in [0.1, 0.15) is 5.75 Å². The maximum Gasteiger partial charge on any atom is 0.275 e. The van der Waals surface area contributed by atoms with Crippen LogP contribution in [0.15, 0.2) is 18.2 Å². The lowest BCUT2D eigenvalue weighted by Gasteiger charge is -2.29. The van der Waals surface area contributed by atoms with E-state index in [1.54, 1.807) is 6.07 Å². The third-order valence-corrected chi connectivity index (χ3v) is 3.61. The van der Waals surface area contributed by atoms with Crippen molar-refractivity contribution in [2.24, 2.45) is 0 Å². The van der Waals surface area contributed by atoms with Crippen LogP contribution in [0.2, 0.25) is 0 Å². The summed E-state index contributed by atoms with van der Waals surface area (Å²) in [5.74, 6) is 0.554. The van der Waals surface area contributed by atoms with E-state index < -0.39 is 0 Å². The molecule has 1 aliphatic rings. The average Bonchev–Trinajstić information content (AvgIpc) is 2.92. The molecule has 6 heteroatoms. The molecule has 0 aliphatic carbocycles. The molecule has 1 fully saturated rings. The molecule has 0 spiro atoms. The van der Waals surface area contributed by atoms with Crippen molar-refractivity contribution in [3.8, 4) is 5.75 Å². The highest BCUT2D eigenvalue weighted by Gasteiger charge is 2.23. The summed E-state index contributed by atoms with van der Waals surface area (Å²) in [6, 6.07) is 5.40. The van der Waals surface area contributed by atoms with Crippen LogP contribution in [0.4, 0.5) is 11.4 Å². The van der Waals surface area contributed by atoms with Gasteiger partial charge in [0.2, 0.25) is 0 Å². The van der Waals surface area contributed by atoms with Gasteiger partial charge >= 0.3 is 0 Å². The number of nitrogens with one attached hydrogen (secondary N) is 1. The highest BCUT2D eigenvalue weighted by Crippen LogP contribution is 2.31. The van der Waals surface area contributed by atoms with Crippen LogP contribution in [-0.4, -0.2) is 36.7 Å². The summed E-state index contributed by atoms with van der Waals surface area (Å²) in [6.45, 7) is 8.62. The molecule has 1 saturated heterocycles. The molecule has 1 aromatic carbocycles. The van der Waals surface area contributed by atoms with Crippen molar-refractivity contribution < 1.29 is 9.66 Å². The fourth-order valence-electron chi connectivity index (χ4n) is 2.74. The summed E-state index contributed by atoms with van der Waals surface area (Å²) in [6.07, 6.45) is 1.04. The molecule has 0 radical (unpaired) electrons. The molecule has 2 rings (SSSR count). The Bertz CT molecular complexity index is 499. The van der Waals surface area contributed by atoms with Crippen LogP contribution in [0.1, 0.15) is 27.2 Å². The highest BCUT2D eigenvalue weighted by atomic mass is 16.6. The Kier molecular flexibility index (Phi) is 5.01. The van der Waals surface area contributed by atoms with Crippen LogP contribution in [0.25, 0.3) is 0 Å². The molecule has 21 heavy (non-hydrogen) atoms. The molecule has 1 N–H and O–H groups in total. The molecule has 1 unspecified atom stereocenters. The van der Waals surface area contributed by atoms with Gasteiger partial charge in [0.15, 0.2) is 0 Å². The third kappa shape index (κ3) is 3.85. The minimum absolute atomic E-state index is 0.0110. The second-order valence-corrected chi connectivity index (χ2v) is 5.54. The Labute approximate surface area is 125 Å². The van der Waals surface area contributed by atoms with Crippen molar-refractivity contribution in [2.75, 3.05) is 24.5 Å². The topological polar surface area (TPSA) is 67.6 Å². The Morgan fingerprint density at radius 1 is 1.48 bits per heavy atom. The van der Waals surface area contributed by atoms with Gasteiger partial charge < -0.3 is 15.0 Å². The summed E-state index contributed by atoms with van der Waals surface area (Å²) in [5.41, 5.74) is 0.934. The minimum atomic E-state index is -0.364. The zero-order valence-electron chi connectivity index (χ0n) is 12.8. The number of rotatable bonds is 6. The molecule has 6 nitrogen and oxygen atoms in total. The van der Waals surface area contributed by atoms with Gasteiger partial charge in [0.25, 0.3) is 5.69 Å². The Morgan fingerprint density at radius 3 is 2.76 bits per heavy atom. The number of nitro groups is 1. The number of anilines is 1. The number of nitro benzene ring substituents is 1. The zero-order valence-corrected chi connectivity index (χ0v) is 12.8. The maximum absolute atomic E-state index is 11.1. The standard InChI is InChI=1S/C15H23N3O3/c1-4-17(12-5-6-16-10-12)13-7-14(18(19)20)9-15(8-13)21-11(2)3/h7-9,11-12,16H,4-6,10H2,1-3H3. The lowest BCUT2D eigenvalue weighted by molar-refractivity contribution is -0.384. The van der Waals surface area contributed by atoms with Gasteiger partial charge in [-0.25, -0.2) is 0 Å². The van der Waals surface area contributed by atoms with Gasteiger partial charge in [-0.3, -0.25) is 10.1 Å². The highest BCUT2D eigenvalue weighted by molar-refractivity contribution is 5.58. The van der Waals surface area contributed by atoms with Gasteiger partial charge in [-0.15, -0.1) is 0 Å². The lowest BCUT2D eigenvalue weighted by atomic mass is 10.1. The number of ether oxygens (including phenoxy) is 1. The number of nitrogens with zero attached hydrogens (tertiary/aromatic N) is 2. The van der Waals surface area contributed by atoms with Gasteiger partial charge in [-0.05, 0) is 33.7 Å². The summed E-state index contributed by atoms with van der Waals surface area (Å²) in [7, 11) is 0. The van der Waals surface area contributed by atoms with Crippen LogP contribution < -0.4 is 15.0 Å². The van der Waals surface area contributed by atoms with Gasteiger partial charge in [0.05, 0.1) is 17.1 Å². The van der Waals surface area contributed by atoms with E-state index in [1.807, 2.05) is 19.9 Å². The predicted molar refractivity (Wildman–Crippen MR) is 83.2 cm³/mol. The van der Waals surface area contributed by atoms with Gasteiger partial charge in [-0.2, -0.15) is 0 Å². The first-order valence-electron chi connectivity index (χ1n) is 7.44. The molecule has 0 amide bonds. The average molecular weight is 293 g/mol. The van der Waals surface area contributed by atoms with E-state index in [0.717, 1.165) is 31.7 Å². The van der Waals surface area contributed by atoms with E-state index in [1.165, 1.54) is 6.07 Å². The Morgan fingerprint density at radius 2 is 2.24 bits per heavy atom. The molecule has 1 heterocycles. The fraction of sp³-hybridized carbons (Fsp3) is 0.600. The molecule has 0 saturated carbocycles. The van der Waals surface area contributed by atoms with Crippen molar-refractivity contribution in [1.82, 2.24) is 5.32 Å². The second-order valence-electron chi connectivity index (χ2n) is 5.54. The number of hydrogen-bond acceptors (Lipinski definition) is 5. The monoisotopic (exact) mass is 293 g/mol. The second kappa shape index (κ2) is 6.76. The first kappa shape index (κ1) is 15.6. The number of benzene rings is 1. The molecule has 116 valence electrons. The normalized spacial score (nSPS) is 18.0. The van der Waals surface area contributed by atoms with E-state index in [2.05, 4.69) is 17.1 Å². The predicted octanol–water partition coefficient (Wildman–Crippen LogP) is 2.57. The van der Waals surface area contributed by atoms with Crippen molar-refractivity contribution in [3.05, 3.63) is 28.3 Å². The molecule has 0 bridgehead atoms. The zero-order chi connectivity index (χ0) is 15.4. The summed E-state index contributed by atoms with van der Waals surface area (Å²) >= 11 is 0. The Hall–Kier alpha value is -1.82. The van der Waals surface area contributed by atoms with Crippen molar-refractivity contribution >= 4 is 11.4 Å². The van der Waals surface area contributed by atoms with Crippen molar-refractivity contribution in [1.29, 1.82) is 0 Å². The maximum atomic E-state index is 11.1. The van der Waals surface area contributed by atoms with E-state index in [4.69, 9.17) is 4.74 Å². The molecular formula is C15H23N3O3. The Balaban J connectivity index is 2.35. The molecule has 1 aliphatic heterocycles. The fourth-order valence-corrected chi connectivity index (χ4v) is 2.74. The SMILES string of the molecule is CCN(c1cc(OC(C)C)cc([N+](=O)[O-])c1)C1CCNC1. The van der Waals surface area contributed by atoms with E-state index in [0.29, 0.717) is 11.8 Å².